The maximum atomic E-state index is 12.0. The van der Waals surface area contributed by atoms with Gasteiger partial charge in [-0.1, -0.05) is 11.6 Å². The summed E-state index contributed by atoms with van der Waals surface area (Å²) in [4.78, 5) is 34.4. The van der Waals surface area contributed by atoms with Crippen LogP contribution < -0.4 is 10.9 Å². The Morgan fingerprint density at radius 3 is 2.73 bits per heavy atom. The average Bonchev–Trinajstić information content (AvgIpc) is 2.96. The lowest BCUT2D eigenvalue weighted by molar-refractivity contribution is 0.0844. The van der Waals surface area contributed by atoms with Crippen LogP contribution in [0.1, 0.15) is 20.8 Å². The second kappa shape index (κ2) is 5.82. The smallest absolute Gasteiger partial charge is 0.286 e. The van der Waals surface area contributed by atoms with Gasteiger partial charge in [0.25, 0.3) is 11.8 Å². The van der Waals surface area contributed by atoms with E-state index in [0.29, 0.717) is 16.2 Å². The second-order valence-corrected chi connectivity index (χ2v) is 4.81. The van der Waals surface area contributed by atoms with Crippen LogP contribution in [0.25, 0.3) is 10.9 Å². The van der Waals surface area contributed by atoms with Gasteiger partial charge in [0.15, 0.2) is 0 Å². The average molecular weight is 316 g/mol. The minimum absolute atomic E-state index is 0.283. The molecule has 22 heavy (non-hydrogen) atoms. The van der Waals surface area contributed by atoms with Crippen molar-refractivity contribution in [3.63, 3.8) is 0 Å². The number of nitrogens with one attached hydrogen (secondary N) is 3. The number of halogens is 1. The first-order valence-corrected chi connectivity index (χ1v) is 6.66. The SMILES string of the molecule is O=C(NNC(=O)c1cc2cc(Cl)ncc2[nH]1)c1cccnc1. The second-order valence-electron chi connectivity index (χ2n) is 4.43. The highest BCUT2D eigenvalue weighted by Gasteiger charge is 2.12. The van der Waals surface area contributed by atoms with E-state index in [1.54, 1.807) is 30.5 Å². The summed E-state index contributed by atoms with van der Waals surface area (Å²) < 4.78 is 0. The third-order valence-corrected chi connectivity index (χ3v) is 3.14. The van der Waals surface area contributed by atoms with E-state index in [1.165, 1.54) is 12.4 Å². The van der Waals surface area contributed by atoms with Crippen LogP contribution in [-0.2, 0) is 0 Å². The largest absolute Gasteiger partial charge is 0.349 e. The topological polar surface area (TPSA) is 99.8 Å². The number of hydrogen-bond acceptors (Lipinski definition) is 4. The fraction of sp³-hybridized carbons (Fsp3) is 0. The molecule has 0 aromatic carbocycles. The van der Waals surface area contributed by atoms with E-state index in [0.717, 1.165) is 5.39 Å². The molecule has 0 bridgehead atoms. The van der Waals surface area contributed by atoms with Gasteiger partial charge in [0.05, 0.1) is 17.3 Å². The molecule has 0 atom stereocenters. The van der Waals surface area contributed by atoms with Gasteiger partial charge in [-0.25, -0.2) is 4.98 Å². The van der Waals surface area contributed by atoms with Crippen molar-refractivity contribution in [1.29, 1.82) is 0 Å². The van der Waals surface area contributed by atoms with Crippen molar-refractivity contribution < 1.29 is 9.59 Å². The molecule has 0 fully saturated rings. The highest BCUT2D eigenvalue weighted by Crippen LogP contribution is 2.17. The van der Waals surface area contributed by atoms with Gasteiger partial charge in [-0.3, -0.25) is 25.4 Å². The Balaban J connectivity index is 1.69. The normalized spacial score (nSPS) is 10.4. The molecule has 8 heteroatoms. The van der Waals surface area contributed by atoms with Gasteiger partial charge in [0.2, 0.25) is 0 Å². The number of pyridine rings is 2. The molecule has 0 saturated carbocycles. The monoisotopic (exact) mass is 315 g/mol. The fourth-order valence-corrected chi connectivity index (χ4v) is 2.04. The Morgan fingerprint density at radius 2 is 1.95 bits per heavy atom. The standard InChI is InChI=1S/C14H10ClN5O2/c15-12-5-9-4-10(18-11(9)7-17-12)14(22)20-19-13(21)8-2-1-3-16-6-8/h1-7,18H,(H,19,21)(H,20,22). The molecule has 0 aliphatic carbocycles. The summed E-state index contributed by atoms with van der Waals surface area (Å²) in [5.74, 6) is -0.938. The summed E-state index contributed by atoms with van der Waals surface area (Å²) in [5.41, 5.74) is 5.93. The Morgan fingerprint density at radius 1 is 1.14 bits per heavy atom. The zero-order chi connectivity index (χ0) is 15.5. The lowest BCUT2D eigenvalue weighted by Crippen LogP contribution is -2.41. The molecule has 0 aliphatic heterocycles. The van der Waals surface area contributed by atoms with Gasteiger partial charge in [-0.05, 0) is 24.3 Å². The van der Waals surface area contributed by atoms with Crippen LogP contribution in [0.3, 0.4) is 0 Å². The molecule has 0 radical (unpaired) electrons. The number of aromatic nitrogens is 3. The van der Waals surface area contributed by atoms with E-state index in [4.69, 9.17) is 11.6 Å². The predicted molar refractivity (Wildman–Crippen MR) is 80.3 cm³/mol. The number of aromatic amines is 1. The third kappa shape index (κ3) is 2.89. The first-order chi connectivity index (χ1) is 10.6. The molecule has 3 rings (SSSR count). The Labute approximate surface area is 129 Å². The van der Waals surface area contributed by atoms with Crippen molar-refractivity contribution in [2.45, 2.75) is 0 Å². The molecule has 0 aliphatic rings. The minimum atomic E-state index is -0.482. The van der Waals surface area contributed by atoms with Gasteiger partial charge >= 0.3 is 0 Å². The van der Waals surface area contributed by atoms with Crippen molar-refractivity contribution in [2.24, 2.45) is 0 Å². The van der Waals surface area contributed by atoms with Gasteiger partial charge < -0.3 is 4.98 Å². The highest BCUT2D eigenvalue weighted by molar-refractivity contribution is 6.30. The van der Waals surface area contributed by atoms with Crippen LogP contribution in [0.5, 0.6) is 0 Å². The Kier molecular flexibility index (Phi) is 3.71. The number of hydrogen-bond donors (Lipinski definition) is 3. The third-order valence-electron chi connectivity index (χ3n) is 2.93. The maximum Gasteiger partial charge on any atom is 0.286 e. The van der Waals surface area contributed by atoms with Crippen molar-refractivity contribution in [3.8, 4) is 0 Å². The molecular weight excluding hydrogens is 306 g/mol. The molecule has 110 valence electrons. The quantitative estimate of drug-likeness (QED) is 0.495. The van der Waals surface area contributed by atoms with E-state index in [-0.39, 0.29) is 5.69 Å². The minimum Gasteiger partial charge on any atom is -0.349 e. The fourth-order valence-electron chi connectivity index (χ4n) is 1.88. The molecular formula is C14H10ClN5O2. The summed E-state index contributed by atoms with van der Waals surface area (Å²) in [7, 11) is 0. The van der Waals surface area contributed by atoms with Crippen LogP contribution in [0.4, 0.5) is 0 Å². The van der Waals surface area contributed by atoms with E-state index in [1.807, 2.05) is 0 Å². The molecule has 3 aromatic heterocycles. The molecule has 3 N–H and O–H groups in total. The van der Waals surface area contributed by atoms with E-state index < -0.39 is 11.8 Å². The summed E-state index contributed by atoms with van der Waals surface area (Å²) in [6, 6.07) is 6.48. The summed E-state index contributed by atoms with van der Waals surface area (Å²) in [5, 5.41) is 1.09. The van der Waals surface area contributed by atoms with E-state index >= 15 is 0 Å². The molecule has 3 heterocycles. The van der Waals surface area contributed by atoms with Crippen molar-refractivity contribution in [1.82, 2.24) is 25.8 Å². The number of carbonyl (C=O) groups excluding carboxylic acids is 2. The predicted octanol–water partition coefficient (Wildman–Crippen LogP) is 1.69. The lowest BCUT2D eigenvalue weighted by Gasteiger charge is -2.05. The lowest BCUT2D eigenvalue weighted by atomic mass is 10.3. The Hall–Kier alpha value is -2.93. The van der Waals surface area contributed by atoms with Crippen LogP contribution in [0.2, 0.25) is 5.15 Å². The Bertz CT molecular complexity index is 847. The summed E-state index contributed by atoms with van der Waals surface area (Å²) >= 11 is 5.79. The van der Waals surface area contributed by atoms with Crippen molar-refractivity contribution in [2.75, 3.05) is 0 Å². The number of amides is 2. The highest BCUT2D eigenvalue weighted by atomic mass is 35.5. The van der Waals surface area contributed by atoms with Crippen LogP contribution in [-0.4, -0.2) is 26.8 Å². The molecule has 7 nitrogen and oxygen atoms in total. The zero-order valence-corrected chi connectivity index (χ0v) is 11.9. The molecule has 0 saturated heterocycles. The van der Waals surface area contributed by atoms with Crippen molar-refractivity contribution in [3.05, 3.63) is 59.3 Å². The zero-order valence-electron chi connectivity index (χ0n) is 11.1. The van der Waals surface area contributed by atoms with E-state index in [9.17, 15) is 9.59 Å². The number of hydrazine groups is 1. The molecule has 0 spiro atoms. The van der Waals surface area contributed by atoms with Crippen LogP contribution >= 0.6 is 11.6 Å². The van der Waals surface area contributed by atoms with E-state index in [2.05, 4.69) is 25.8 Å². The van der Waals surface area contributed by atoms with Crippen molar-refractivity contribution >= 4 is 34.3 Å². The molecule has 0 unspecified atom stereocenters. The van der Waals surface area contributed by atoms with Gasteiger partial charge in [-0.2, -0.15) is 0 Å². The van der Waals surface area contributed by atoms with Gasteiger partial charge in [0.1, 0.15) is 10.8 Å². The van der Waals surface area contributed by atoms with Crippen LogP contribution in [0, 0.1) is 0 Å². The first kappa shape index (κ1) is 14.0. The van der Waals surface area contributed by atoms with Crippen LogP contribution in [0.15, 0.2) is 42.9 Å². The summed E-state index contributed by atoms with van der Waals surface area (Å²) in [6.45, 7) is 0. The number of carbonyl (C=O) groups is 2. The van der Waals surface area contributed by atoms with Gasteiger partial charge in [0, 0.05) is 17.8 Å². The summed E-state index contributed by atoms with van der Waals surface area (Å²) in [6.07, 6.45) is 4.49. The number of H-pyrrole nitrogens is 1. The number of rotatable bonds is 2. The maximum absolute atomic E-state index is 12.0. The number of fused-ring (bicyclic) bond motifs is 1. The molecule has 2 amide bonds. The molecule has 3 aromatic rings. The number of nitrogens with zero attached hydrogens (tertiary/aromatic N) is 2. The first-order valence-electron chi connectivity index (χ1n) is 6.28. The van der Waals surface area contributed by atoms with Gasteiger partial charge in [-0.15, -0.1) is 0 Å².